The second-order valence-corrected chi connectivity index (χ2v) is 4.79. The molecule has 19 heavy (non-hydrogen) atoms. The summed E-state index contributed by atoms with van der Waals surface area (Å²) in [6.07, 6.45) is -2.23. The highest BCUT2D eigenvalue weighted by molar-refractivity contribution is 7.71. The van der Waals surface area contributed by atoms with Gasteiger partial charge in [0.2, 0.25) is 0 Å². The lowest BCUT2D eigenvalue weighted by atomic mass is 10.1. The number of hydrogen-bond donors (Lipinski definition) is 4. The van der Waals surface area contributed by atoms with Gasteiger partial charge in [-0.1, -0.05) is 6.92 Å². The molecule has 106 valence electrons. The Morgan fingerprint density at radius 1 is 1.47 bits per heavy atom. The van der Waals surface area contributed by atoms with Crippen LogP contribution in [0.4, 0.5) is 0 Å². The van der Waals surface area contributed by atoms with Crippen LogP contribution in [-0.2, 0) is 11.2 Å². The summed E-state index contributed by atoms with van der Waals surface area (Å²) in [5, 5.41) is 28.7. The van der Waals surface area contributed by atoms with Gasteiger partial charge in [0.1, 0.15) is 18.3 Å². The minimum absolute atomic E-state index is 0.0945. The highest BCUT2D eigenvalue weighted by Gasteiger charge is 2.43. The molecule has 1 fully saturated rings. The summed E-state index contributed by atoms with van der Waals surface area (Å²) in [4.78, 5) is 14.1. The molecular formula is C11H16N2O5S. The fourth-order valence-electron chi connectivity index (χ4n) is 2.08. The van der Waals surface area contributed by atoms with Crippen LogP contribution in [0, 0.1) is 4.77 Å². The number of H-pyrrole nitrogens is 1. The van der Waals surface area contributed by atoms with Gasteiger partial charge in [-0.2, -0.15) is 0 Å². The van der Waals surface area contributed by atoms with Crippen molar-refractivity contribution in [3.8, 4) is 0 Å². The number of hydrogen-bond acceptors (Lipinski definition) is 6. The van der Waals surface area contributed by atoms with E-state index in [0.717, 1.165) is 0 Å². The van der Waals surface area contributed by atoms with Crippen LogP contribution in [0.1, 0.15) is 18.7 Å². The number of rotatable bonds is 3. The Hall–Kier alpha value is -1.06. The first-order valence-electron chi connectivity index (χ1n) is 5.96. The van der Waals surface area contributed by atoms with Crippen molar-refractivity contribution in [1.29, 1.82) is 0 Å². The molecule has 7 nitrogen and oxygen atoms in total. The predicted molar refractivity (Wildman–Crippen MR) is 68.3 cm³/mol. The normalized spacial score (nSPS) is 30.7. The van der Waals surface area contributed by atoms with E-state index < -0.39 is 31.1 Å². The summed E-state index contributed by atoms with van der Waals surface area (Å²) in [5.41, 5.74) is 0.210. The Morgan fingerprint density at radius 3 is 2.68 bits per heavy atom. The first-order valence-corrected chi connectivity index (χ1v) is 6.37. The monoisotopic (exact) mass is 288 g/mol. The van der Waals surface area contributed by atoms with Gasteiger partial charge >= 0.3 is 0 Å². The van der Waals surface area contributed by atoms with Gasteiger partial charge in [0.15, 0.2) is 11.0 Å². The molecule has 0 amide bonds. The second kappa shape index (κ2) is 5.51. The first kappa shape index (κ1) is 14.4. The van der Waals surface area contributed by atoms with Crippen LogP contribution in [0.15, 0.2) is 11.0 Å². The Balaban J connectivity index is 2.43. The SMILES string of the molecule is CCc1cn(C2OC(CO)C(O)C2O)c(=S)[nH]c1=O. The predicted octanol–water partition coefficient (Wildman–Crippen LogP) is -0.920. The van der Waals surface area contributed by atoms with Gasteiger partial charge in [-0.05, 0) is 18.6 Å². The van der Waals surface area contributed by atoms with Crippen LogP contribution in [0.5, 0.6) is 0 Å². The first-order chi connectivity index (χ1) is 8.99. The second-order valence-electron chi connectivity index (χ2n) is 4.40. The van der Waals surface area contributed by atoms with Gasteiger partial charge in [0, 0.05) is 11.8 Å². The van der Waals surface area contributed by atoms with Gasteiger partial charge in [0.05, 0.1) is 6.61 Å². The van der Waals surface area contributed by atoms with Gasteiger partial charge in [-0.25, -0.2) is 0 Å². The van der Waals surface area contributed by atoms with E-state index in [0.29, 0.717) is 12.0 Å². The van der Waals surface area contributed by atoms with E-state index in [1.807, 2.05) is 6.92 Å². The minimum Gasteiger partial charge on any atom is -0.394 e. The molecule has 4 unspecified atom stereocenters. The Bertz CT molecular complexity index is 569. The van der Waals surface area contributed by atoms with Gasteiger partial charge in [-0.3, -0.25) is 14.3 Å². The van der Waals surface area contributed by atoms with Crippen LogP contribution >= 0.6 is 12.2 Å². The number of aromatic amines is 1. The molecular weight excluding hydrogens is 272 g/mol. The maximum absolute atomic E-state index is 11.6. The molecule has 8 heteroatoms. The highest BCUT2D eigenvalue weighted by Crippen LogP contribution is 2.29. The Kier molecular flexibility index (Phi) is 4.16. The van der Waals surface area contributed by atoms with Crippen LogP contribution in [0.3, 0.4) is 0 Å². The Labute approximate surface area is 114 Å². The number of nitrogens with one attached hydrogen (secondary N) is 1. The van der Waals surface area contributed by atoms with E-state index in [-0.39, 0.29) is 10.3 Å². The molecule has 2 heterocycles. The van der Waals surface area contributed by atoms with Gasteiger partial charge in [0.25, 0.3) is 5.56 Å². The lowest BCUT2D eigenvalue weighted by Gasteiger charge is -2.19. The van der Waals surface area contributed by atoms with E-state index in [2.05, 4.69) is 4.98 Å². The van der Waals surface area contributed by atoms with Crippen molar-refractivity contribution in [3.63, 3.8) is 0 Å². The molecule has 1 aromatic rings. The van der Waals surface area contributed by atoms with Crippen molar-refractivity contribution in [2.24, 2.45) is 0 Å². The lowest BCUT2D eigenvalue weighted by Crippen LogP contribution is -2.33. The summed E-state index contributed by atoms with van der Waals surface area (Å²) in [6.45, 7) is 1.40. The highest BCUT2D eigenvalue weighted by atomic mass is 32.1. The number of aromatic nitrogens is 2. The summed E-state index contributed by atoms with van der Waals surface area (Å²) in [5.74, 6) is 0. The zero-order chi connectivity index (χ0) is 14.2. The lowest BCUT2D eigenvalue weighted by molar-refractivity contribution is -0.0542. The van der Waals surface area contributed by atoms with Crippen molar-refractivity contribution < 1.29 is 20.1 Å². The summed E-state index contributed by atoms with van der Waals surface area (Å²) in [7, 11) is 0. The molecule has 0 saturated carbocycles. The van der Waals surface area contributed by atoms with Crippen LogP contribution < -0.4 is 5.56 Å². The largest absolute Gasteiger partial charge is 0.394 e. The molecule has 0 aliphatic carbocycles. The zero-order valence-electron chi connectivity index (χ0n) is 10.3. The molecule has 1 aliphatic rings. The zero-order valence-corrected chi connectivity index (χ0v) is 11.1. The molecule has 4 atom stereocenters. The quantitative estimate of drug-likeness (QED) is 0.536. The van der Waals surface area contributed by atoms with Crippen LogP contribution in [0.25, 0.3) is 0 Å². The third-order valence-corrected chi connectivity index (χ3v) is 3.53. The topological polar surface area (TPSA) is 108 Å². The fourth-order valence-corrected chi connectivity index (χ4v) is 2.33. The molecule has 0 bridgehead atoms. The van der Waals surface area contributed by atoms with Crippen molar-refractivity contribution in [3.05, 3.63) is 26.9 Å². The molecule has 2 rings (SSSR count). The van der Waals surface area contributed by atoms with Crippen molar-refractivity contribution >= 4 is 12.2 Å². The molecule has 1 aromatic heterocycles. The number of ether oxygens (including phenoxy) is 1. The molecule has 0 aromatic carbocycles. The average Bonchev–Trinajstić information content (AvgIpc) is 2.67. The number of nitrogens with zero attached hydrogens (tertiary/aromatic N) is 1. The number of aliphatic hydroxyl groups is 3. The van der Waals surface area contributed by atoms with E-state index in [4.69, 9.17) is 22.1 Å². The van der Waals surface area contributed by atoms with Crippen LogP contribution in [-0.4, -0.2) is 49.8 Å². The smallest absolute Gasteiger partial charge is 0.254 e. The molecule has 1 saturated heterocycles. The Morgan fingerprint density at radius 2 is 2.16 bits per heavy atom. The van der Waals surface area contributed by atoms with Crippen molar-refractivity contribution in [1.82, 2.24) is 9.55 Å². The standard InChI is InChI=1S/C11H16N2O5S/c1-2-5-3-13(11(19)12-9(5)17)10-8(16)7(15)6(4-14)18-10/h3,6-8,10,14-16H,2,4H2,1H3,(H,12,17,19). The molecule has 0 radical (unpaired) electrons. The number of aliphatic hydroxyl groups excluding tert-OH is 3. The van der Waals surface area contributed by atoms with E-state index in [9.17, 15) is 15.0 Å². The molecule has 4 N–H and O–H groups in total. The average molecular weight is 288 g/mol. The number of aryl methyl sites for hydroxylation is 1. The third-order valence-electron chi connectivity index (χ3n) is 3.21. The van der Waals surface area contributed by atoms with Crippen molar-refractivity contribution in [2.45, 2.75) is 37.9 Å². The fraction of sp³-hybridized carbons (Fsp3) is 0.636. The van der Waals surface area contributed by atoms with E-state index in [1.54, 1.807) is 0 Å². The van der Waals surface area contributed by atoms with E-state index in [1.165, 1.54) is 10.8 Å². The van der Waals surface area contributed by atoms with Gasteiger partial charge < -0.3 is 20.1 Å². The summed E-state index contributed by atoms with van der Waals surface area (Å²) in [6, 6.07) is 0. The minimum atomic E-state index is -1.22. The third kappa shape index (κ3) is 2.49. The van der Waals surface area contributed by atoms with Crippen molar-refractivity contribution in [2.75, 3.05) is 6.61 Å². The molecule has 1 aliphatic heterocycles. The maximum Gasteiger partial charge on any atom is 0.254 e. The van der Waals surface area contributed by atoms with Gasteiger partial charge in [-0.15, -0.1) is 0 Å². The maximum atomic E-state index is 11.6. The molecule has 0 spiro atoms. The summed E-state index contributed by atoms with van der Waals surface area (Å²) >= 11 is 5.02. The van der Waals surface area contributed by atoms with Crippen LogP contribution in [0.2, 0.25) is 0 Å². The van der Waals surface area contributed by atoms with E-state index >= 15 is 0 Å². The summed E-state index contributed by atoms with van der Waals surface area (Å²) < 4.78 is 6.85.